The summed E-state index contributed by atoms with van der Waals surface area (Å²) in [7, 11) is 0. The molecule has 0 saturated carbocycles. The molecule has 0 bridgehead atoms. The van der Waals surface area contributed by atoms with Gasteiger partial charge >= 0.3 is 6.03 Å². The lowest BCUT2D eigenvalue weighted by molar-refractivity contribution is -0.142. The van der Waals surface area contributed by atoms with Gasteiger partial charge in [0.1, 0.15) is 12.1 Å². The van der Waals surface area contributed by atoms with Gasteiger partial charge in [0.2, 0.25) is 0 Å². The quantitative estimate of drug-likeness (QED) is 0.413. The summed E-state index contributed by atoms with van der Waals surface area (Å²) in [6.07, 6.45) is 1.05. The second kappa shape index (κ2) is 7.75. The maximum Gasteiger partial charge on any atom is 0.325 e. The van der Waals surface area contributed by atoms with Crippen molar-refractivity contribution in [3.8, 4) is 0 Å². The molecule has 2 atom stereocenters. The summed E-state index contributed by atoms with van der Waals surface area (Å²) >= 11 is 0. The summed E-state index contributed by atoms with van der Waals surface area (Å²) < 4.78 is 0. The van der Waals surface area contributed by atoms with Crippen molar-refractivity contribution >= 4 is 28.6 Å². The number of hydrogen-bond acceptors (Lipinski definition) is 4. The van der Waals surface area contributed by atoms with Crippen molar-refractivity contribution in [3.05, 3.63) is 48.0 Å². The number of imide groups is 1. The highest BCUT2D eigenvalue weighted by Crippen LogP contribution is 2.23. The number of amides is 4. The maximum atomic E-state index is 12.7. The molecule has 1 fully saturated rings. The second-order valence-corrected chi connectivity index (χ2v) is 7.05. The van der Waals surface area contributed by atoms with Crippen LogP contribution in [0.2, 0.25) is 0 Å². The SMILES string of the molecule is CC(C)[C@H](C(=O)NO)N1C(=O)N[C@@H](CCc2cccc3ccccc23)C1=O. The Hall–Kier alpha value is -2.93. The number of fused-ring (bicyclic) bond motifs is 1. The van der Waals surface area contributed by atoms with Gasteiger partial charge in [-0.15, -0.1) is 0 Å². The van der Waals surface area contributed by atoms with Crippen molar-refractivity contribution in [1.29, 1.82) is 0 Å². The van der Waals surface area contributed by atoms with E-state index in [4.69, 9.17) is 5.21 Å². The minimum absolute atomic E-state index is 0.330. The average molecular weight is 369 g/mol. The van der Waals surface area contributed by atoms with E-state index in [0.717, 1.165) is 21.2 Å². The van der Waals surface area contributed by atoms with Gasteiger partial charge in [-0.3, -0.25) is 14.8 Å². The molecule has 7 heteroatoms. The zero-order valence-corrected chi connectivity index (χ0v) is 15.3. The molecule has 1 saturated heterocycles. The molecule has 1 aliphatic rings. The van der Waals surface area contributed by atoms with E-state index in [9.17, 15) is 14.4 Å². The number of hydrogen-bond donors (Lipinski definition) is 3. The number of aryl methyl sites for hydroxylation is 1. The summed E-state index contributed by atoms with van der Waals surface area (Å²) in [4.78, 5) is 37.9. The van der Waals surface area contributed by atoms with Gasteiger partial charge in [0, 0.05) is 0 Å². The number of nitrogens with one attached hydrogen (secondary N) is 2. The highest BCUT2D eigenvalue weighted by molar-refractivity contribution is 6.07. The molecule has 3 rings (SSSR count). The Kier molecular flexibility index (Phi) is 5.41. The minimum Gasteiger partial charge on any atom is -0.326 e. The van der Waals surface area contributed by atoms with Crippen LogP contribution in [0.5, 0.6) is 0 Å². The molecule has 2 aromatic carbocycles. The molecule has 27 heavy (non-hydrogen) atoms. The molecule has 1 heterocycles. The summed E-state index contributed by atoms with van der Waals surface area (Å²) in [6, 6.07) is 11.7. The van der Waals surface area contributed by atoms with Crippen LogP contribution >= 0.6 is 0 Å². The van der Waals surface area contributed by atoms with E-state index in [2.05, 4.69) is 5.32 Å². The van der Waals surface area contributed by atoms with E-state index in [-0.39, 0.29) is 5.92 Å². The highest BCUT2D eigenvalue weighted by Gasteiger charge is 2.45. The fourth-order valence-corrected chi connectivity index (χ4v) is 3.60. The number of benzene rings is 2. The van der Waals surface area contributed by atoms with Crippen molar-refractivity contribution in [2.75, 3.05) is 0 Å². The fraction of sp³-hybridized carbons (Fsp3) is 0.350. The molecule has 0 aromatic heterocycles. The second-order valence-electron chi connectivity index (χ2n) is 7.05. The lowest BCUT2D eigenvalue weighted by Gasteiger charge is -2.26. The number of rotatable bonds is 6. The number of urea groups is 1. The van der Waals surface area contributed by atoms with Crippen molar-refractivity contribution < 1.29 is 19.6 Å². The Morgan fingerprint density at radius 1 is 1.19 bits per heavy atom. The largest absolute Gasteiger partial charge is 0.326 e. The smallest absolute Gasteiger partial charge is 0.325 e. The molecule has 0 radical (unpaired) electrons. The Labute approximate surface area is 157 Å². The Bertz CT molecular complexity index is 875. The van der Waals surface area contributed by atoms with Gasteiger partial charge in [0.25, 0.3) is 11.8 Å². The lowest BCUT2D eigenvalue weighted by atomic mass is 9.98. The molecule has 2 aromatic rings. The van der Waals surface area contributed by atoms with Crippen LogP contribution in [0.15, 0.2) is 42.5 Å². The van der Waals surface area contributed by atoms with Gasteiger partial charge < -0.3 is 5.32 Å². The molecule has 0 aliphatic carbocycles. The molecular formula is C20H23N3O4. The summed E-state index contributed by atoms with van der Waals surface area (Å²) in [5.74, 6) is -1.55. The third-order valence-corrected chi connectivity index (χ3v) is 4.92. The first-order chi connectivity index (χ1) is 12.9. The molecule has 7 nitrogen and oxygen atoms in total. The first-order valence-corrected chi connectivity index (χ1v) is 8.98. The van der Waals surface area contributed by atoms with Gasteiger partial charge in [-0.25, -0.2) is 15.2 Å². The van der Waals surface area contributed by atoms with Crippen LogP contribution in [0.3, 0.4) is 0 Å². The first-order valence-electron chi connectivity index (χ1n) is 8.98. The number of carbonyl (C=O) groups excluding carboxylic acids is 3. The predicted octanol–water partition coefficient (Wildman–Crippen LogP) is 2.22. The van der Waals surface area contributed by atoms with Crippen LogP contribution in [-0.4, -0.2) is 40.0 Å². The predicted molar refractivity (Wildman–Crippen MR) is 100.0 cm³/mol. The van der Waals surface area contributed by atoms with E-state index in [1.165, 1.54) is 0 Å². The van der Waals surface area contributed by atoms with E-state index < -0.39 is 29.9 Å². The van der Waals surface area contributed by atoms with E-state index in [0.29, 0.717) is 12.8 Å². The van der Waals surface area contributed by atoms with Crippen LogP contribution in [0.4, 0.5) is 4.79 Å². The van der Waals surface area contributed by atoms with Crippen molar-refractivity contribution in [2.24, 2.45) is 5.92 Å². The third-order valence-electron chi connectivity index (χ3n) is 4.92. The van der Waals surface area contributed by atoms with Crippen LogP contribution in [-0.2, 0) is 16.0 Å². The van der Waals surface area contributed by atoms with Crippen LogP contribution in [0.1, 0.15) is 25.8 Å². The standard InChI is InChI=1S/C20H23N3O4/c1-12(2)17(18(24)22-27)23-19(25)16(21-20(23)26)11-10-14-8-5-7-13-6-3-4-9-15(13)14/h3-9,12,16-17,27H,10-11H2,1-2H3,(H,21,26)(H,22,24)/t16-,17+/m0/s1. The number of hydroxylamine groups is 1. The average Bonchev–Trinajstić information content (AvgIpc) is 2.94. The molecular weight excluding hydrogens is 346 g/mol. The maximum absolute atomic E-state index is 12.7. The number of carbonyl (C=O) groups is 3. The molecule has 3 N–H and O–H groups in total. The van der Waals surface area contributed by atoms with Crippen LogP contribution in [0, 0.1) is 5.92 Å². The van der Waals surface area contributed by atoms with Gasteiger partial charge in [0.15, 0.2) is 0 Å². The summed E-state index contributed by atoms with van der Waals surface area (Å²) in [5, 5.41) is 13.8. The minimum atomic E-state index is -1.05. The molecule has 0 spiro atoms. The van der Waals surface area contributed by atoms with E-state index >= 15 is 0 Å². The lowest BCUT2D eigenvalue weighted by Crippen LogP contribution is -2.52. The van der Waals surface area contributed by atoms with Gasteiger partial charge in [0.05, 0.1) is 0 Å². The van der Waals surface area contributed by atoms with Gasteiger partial charge in [-0.2, -0.15) is 0 Å². The van der Waals surface area contributed by atoms with E-state index in [1.807, 2.05) is 42.5 Å². The van der Waals surface area contributed by atoms with Crippen molar-refractivity contribution in [3.63, 3.8) is 0 Å². The monoisotopic (exact) mass is 369 g/mol. The highest BCUT2D eigenvalue weighted by atomic mass is 16.5. The van der Waals surface area contributed by atoms with Crippen molar-refractivity contribution in [1.82, 2.24) is 15.7 Å². The third kappa shape index (κ3) is 3.64. The molecule has 4 amide bonds. The molecule has 0 unspecified atom stereocenters. The molecule has 1 aliphatic heterocycles. The van der Waals surface area contributed by atoms with Gasteiger partial charge in [-0.05, 0) is 35.1 Å². The summed E-state index contributed by atoms with van der Waals surface area (Å²) in [6.45, 7) is 3.42. The zero-order chi connectivity index (χ0) is 19.6. The zero-order valence-electron chi connectivity index (χ0n) is 15.3. The topological polar surface area (TPSA) is 98.7 Å². The first kappa shape index (κ1) is 18.8. The van der Waals surface area contributed by atoms with E-state index in [1.54, 1.807) is 19.3 Å². The Morgan fingerprint density at radius 3 is 2.59 bits per heavy atom. The Balaban J connectivity index is 1.76. The fourth-order valence-electron chi connectivity index (χ4n) is 3.60. The summed E-state index contributed by atoms with van der Waals surface area (Å²) in [5.41, 5.74) is 2.64. The van der Waals surface area contributed by atoms with Gasteiger partial charge in [-0.1, -0.05) is 56.3 Å². The molecule has 142 valence electrons. The van der Waals surface area contributed by atoms with Crippen LogP contribution in [0.25, 0.3) is 10.8 Å². The van der Waals surface area contributed by atoms with Crippen molar-refractivity contribution in [2.45, 2.75) is 38.8 Å². The number of nitrogens with zero attached hydrogens (tertiary/aromatic N) is 1. The normalized spacial score (nSPS) is 18.1. The Morgan fingerprint density at radius 2 is 1.89 bits per heavy atom. The van der Waals surface area contributed by atoms with Crippen LogP contribution < -0.4 is 10.8 Å².